The Morgan fingerprint density at radius 3 is 2.47 bits per heavy atom. The highest BCUT2D eigenvalue weighted by Crippen LogP contribution is 2.45. The average molecular weight is 566 g/mol. The topological polar surface area (TPSA) is 143 Å². The lowest BCUT2D eigenvalue weighted by molar-refractivity contribution is -0.855. The number of nitrogens with one attached hydrogen (secondary N) is 2. The number of carboxylic acid groups (broad SMARTS) is 1. The van der Waals surface area contributed by atoms with Crippen molar-refractivity contribution in [1.29, 1.82) is 0 Å². The third-order valence-corrected chi connectivity index (χ3v) is 8.42. The van der Waals surface area contributed by atoms with Crippen molar-refractivity contribution < 1.29 is 34.2 Å². The molecular weight excluding hydrogens is 530 g/mol. The summed E-state index contributed by atoms with van der Waals surface area (Å²) < 4.78 is 33.4. The van der Waals surface area contributed by atoms with Crippen LogP contribution in [0.4, 0.5) is 5.69 Å². The first-order valence-electron chi connectivity index (χ1n) is 12.4. The summed E-state index contributed by atoms with van der Waals surface area (Å²) in [6.45, 7) is 1.91. The lowest BCUT2D eigenvalue weighted by atomic mass is 9.81. The van der Waals surface area contributed by atoms with Gasteiger partial charge in [0.15, 0.2) is 5.60 Å². The second kappa shape index (κ2) is 12.2. The summed E-state index contributed by atoms with van der Waals surface area (Å²) in [5, 5.41) is 8.69. The van der Waals surface area contributed by atoms with Crippen LogP contribution >= 0.6 is 11.6 Å². The molecule has 4 rings (SSSR count). The molecule has 2 aromatic carbocycles. The van der Waals surface area contributed by atoms with Gasteiger partial charge in [-0.1, -0.05) is 30.2 Å². The number of carbonyl (C=O) groups is 2. The van der Waals surface area contributed by atoms with Gasteiger partial charge >= 0.3 is 5.97 Å². The molecule has 0 amide bonds. The molecule has 11 heteroatoms. The van der Waals surface area contributed by atoms with E-state index in [4.69, 9.17) is 32.0 Å². The van der Waals surface area contributed by atoms with Crippen LogP contribution in [-0.4, -0.2) is 52.9 Å². The zero-order valence-electron chi connectivity index (χ0n) is 21.8. The molecular formula is C27H36ClN3O6S. The van der Waals surface area contributed by atoms with Crippen LogP contribution in [0.5, 0.6) is 0 Å². The number of esters is 1. The quantitative estimate of drug-likeness (QED) is 0.343. The molecule has 1 aliphatic heterocycles. The standard InChI is InChI=1S/C26H32ClN3O4S.CH2O2.H2/c1-17-14-21(18-8-7-9-19(15-18)29-35(32,33)13-12-30(2)3)22(27)16-20(17)23-24(28)26(34-25(23)31)10-5-4-6-11-26;2-1-3;/h7-9,14-16,29H,4-6,10-13,28H2,1-3H3;1H,(H,2,3);1H. The number of rotatable bonds is 7. The summed E-state index contributed by atoms with van der Waals surface area (Å²) in [5.41, 5.74) is 10.2. The molecule has 4 N–H and O–H groups in total. The molecule has 1 fully saturated rings. The summed E-state index contributed by atoms with van der Waals surface area (Å²) in [7, 11) is 0.356. The van der Waals surface area contributed by atoms with Crippen LogP contribution in [-0.2, 0) is 24.3 Å². The van der Waals surface area contributed by atoms with E-state index in [1.54, 1.807) is 24.3 Å². The van der Waals surface area contributed by atoms with Gasteiger partial charge in [0.2, 0.25) is 10.0 Å². The van der Waals surface area contributed by atoms with E-state index in [1.807, 2.05) is 33.2 Å². The molecule has 0 saturated heterocycles. The molecule has 1 saturated carbocycles. The predicted molar refractivity (Wildman–Crippen MR) is 148 cm³/mol. The Hall–Kier alpha value is -3.08. The van der Waals surface area contributed by atoms with Gasteiger partial charge < -0.3 is 25.3 Å². The monoisotopic (exact) mass is 565 g/mol. The van der Waals surface area contributed by atoms with Crippen molar-refractivity contribution in [3.05, 3.63) is 58.2 Å². The van der Waals surface area contributed by atoms with E-state index in [2.05, 4.69) is 4.72 Å². The minimum Gasteiger partial charge on any atom is -0.554 e. The number of hydrogen-bond donors (Lipinski definition) is 3. The molecule has 2 aromatic rings. The smallest absolute Gasteiger partial charge is 0.341 e. The number of quaternary nitrogens is 1. The molecule has 38 heavy (non-hydrogen) atoms. The number of aryl methyl sites for hydroxylation is 1. The fourth-order valence-corrected chi connectivity index (χ4v) is 6.40. The predicted octanol–water partition coefficient (Wildman–Crippen LogP) is 1.74. The van der Waals surface area contributed by atoms with E-state index in [0.717, 1.165) is 53.7 Å². The Morgan fingerprint density at radius 2 is 1.84 bits per heavy atom. The second-order valence-corrected chi connectivity index (χ2v) is 12.2. The first kappa shape index (κ1) is 29.5. The van der Waals surface area contributed by atoms with Crippen molar-refractivity contribution in [1.82, 2.24) is 0 Å². The van der Waals surface area contributed by atoms with E-state index < -0.39 is 28.1 Å². The number of sulfonamides is 1. The summed E-state index contributed by atoms with van der Waals surface area (Å²) in [5.74, 6) is -0.366. The lowest BCUT2D eigenvalue weighted by Gasteiger charge is -2.32. The van der Waals surface area contributed by atoms with E-state index >= 15 is 0 Å². The number of halogens is 1. The number of benzene rings is 2. The van der Waals surface area contributed by atoms with Crippen LogP contribution in [0.15, 0.2) is 42.1 Å². The Bertz CT molecular complexity index is 1340. The van der Waals surface area contributed by atoms with Crippen molar-refractivity contribution in [2.75, 3.05) is 31.1 Å². The number of carbonyl (C=O) groups excluding carboxylic acids is 2. The zero-order valence-corrected chi connectivity index (χ0v) is 23.4. The van der Waals surface area contributed by atoms with Crippen LogP contribution in [0.3, 0.4) is 0 Å². The molecule has 0 bridgehead atoms. The van der Waals surface area contributed by atoms with Crippen LogP contribution in [0.2, 0.25) is 5.02 Å². The second-order valence-electron chi connectivity index (χ2n) is 9.94. The van der Waals surface area contributed by atoms with Crippen molar-refractivity contribution in [2.24, 2.45) is 5.73 Å². The minimum atomic E-state index is -3.47. The van der Waals surface area contributed by atoms with Crippen LogP contribution in [0, 0.1) is 6.92 Å². The highest BCUT2D eigenvalue weighted by Gasteiger charge is 2.47. The summed E-state index contributed by atoms with van der Waals surface area (Å²) in [6.07, 6.45) is 4.58. The van der Waals surface area contributed by atoms with Crippen LogP contribution in [0.25, 0.3) is 16.7 Å². The van der Waals surface area contributed by atoms with E-state index in [9.17, 15) is 13.2 Å². The summed E-state index contributed by atoms with van der Waals surface area (Å²) in [4.78, 5) is 22.2. The maximum atomic E-state index is 12.9. The molecule has 9 nitrogen and oxygen atoms in total. The highest BCUT2D eigenvalue weighted by atomic mass is 35.5. The van der Waals surface area contributed by atoms with Crippen molar-refractivity contribution in [2.45, 2.75) is 44.6 Å². The number of ether oxygens (including phenoxy) is 1. The van der Waals surface area contributed by atoms with Gasteiger partial charge in [-0.05, 0) is 73.6 Å². The number of hydrogen-bond acceptors (Lipinski definition) is 7. The number of nitrogens with two attached hydrogens (primary N) is 1. The highest BCUT2D eigenvalue weighted by molar-refractivity contribution is 7.92. The van der Waals surface area contributed by atoms with E-state index in [1.165, 1.54) is 0 Å². The molecule has 0 unspecified atom stereocenters. The first-order chi connectivity index (χ1) is 17.9. The van der Waals surface area contributed by atoms with Gasteiger partial charge in [0.25, 0.3) is 0 Å². The van der Waals surface area contributed by atoms with Gasteiger partial charge in [-0.15, -0.1) is 0 Å². The third-order valence-electron chi connectivity index (χ3n) is 6.81. The third kappa shape index (κ3) is 6.67. The van der Waals surface area contributed by atoms with Crippen molar-refractivity contribution in [3.63, 3.8) is 0 Å². The number of anilines is 1. The Labute approximate surface area is 230 Å². The molecule has 0 aromatic heterocycles. The molecule has 1 spiro atoms. The minimum absolute atomic E-state index is 0. The molecule has 0 radical (unpaired) electrons. The molecule has 1 aliphatic carbocycles. The molecule has 2 aliphatic rings. The largest absolute Gasteiger partial charge is 0.554 e. The van der Waals surface area contributed by atoms with E-state index in [-0.39, 0.29) is 7.18 Å². The fourth-order valence-electron chi connectivity index (χ4n) is 4.86. The molecule has 208 valence electrons. The summed E-state index contributed by atoms with van der Waals surface area (Å²) in [6, 6.07) is 10.8. The van der Waals surface area contributed by atoms with Gasteiger partial charge in [0.05, 0.1) is 31.9 Å². The van der Waals surface area contributed by atoms with E-state index in [0.29, 0.717) is 34.1 Å². The van der Waals surface area contributed by atoms with Gasteiger partial charge in [-0.3, -0.25) is 4.72 Å². The maximum absolute atomic E-state index is 12.9. The van der Waals surface area contributed by atoms with Gasteiger partial charge in [0, 0.05) is 24.2 Å². The Kier molecular flexibility index (Phi) is 9.45. The normalized spacial score (nSPS) is 16.7. The van der Waals surface area contributed by atoms with Crippen molar-refractivity contribution >= 4 is 45.3 Å². The Balaban J connectivity index is 0.00000127. The maximum Gasteiger partial charge on any atom is 0.341 e. The zero-order chi connectivity index (χ0) is 28.1. The van der Waals surface area contributed by atoms with Crippen LogP contribution in [0.1, 0.15) is 44.7 Å². The molecule has 0 atom stereocenters. The van der Waals surface area contributed by atoms with Gasteiger partial charge in [0.1, 0.15) is 5.75 Å². The van der Waals surface area contributed by atoms with Gasteiger partial charge in [-0.2, -0.15) is 0 Å². The average Bonchev–Trinajstić information content (AvgIpc) is 3.08. The first-order valence-corrected chi connectivity index (χ1v) is 14.5. The van der Waals surface area contributed by atoms with Gasteiger partial charge in [-0.25, -0.2) is 13.2 Å². The van der Waals surface area contributed by atoms with Crippen molar-refractivity contribution in [3.8, 4) is 11.1 Å². The van der Waals surface area contributed by atoms with Crippen LogP contribution < -0.4 is 20.5 Å². The summed E-state index contributed by atoms with van der Waals surface area (Å²) >= 11 is 6.70. The lowest BCUT2D eigenvalue weighted by Crippen LogP contribution is -3.06. The Morgan fingerprint density at radius 1 is 1.18 bits per heavy atom. The SMILES string of the molecule is Cc1cc(-c2cccc(NS(=O)(=O)CC[NH+](C)C)c2)c(Cl)cc1C1=C(N)C2(CCCCC2)OC1=O.O=C[O-].[HH]. The molecule has 1 heterocycles. The fraction of sp³-hybridized carbons (Fsp3) is 0.407.